The number of fused-ring (bicyclic) bond motifs is 2. The highest BCUT2D eigenvalue weighted by molar-refractivity contribution is 7.97. The molecule has 23 heavy (non-hydrogen) atoms. The smallest absolute Gasteiger partial charge is 0.0782 e. The molecule has 0 saturated carbocycles. The van der Waals surface area contributed by atoms with Gasteiger partial charge >= 0.3 is 0 Å². The quantitative estimate of drug-likeness (QED) is 0.560. The van der Waals surface area contributed by atoms with E-state index in [0.717, 1.165) is 23.8 Å². The second-order valence-corrected chi connectivity index (χ2v) is 7.42. The fourth-order valence-electron chi connectivity index (χ4n) is 2.83. The molecule has 0 unspecified atom stereocenters. The minimum Gasteiger partial charge on any atom is -0.370 e. The second-order valence-electron chi connectivity index (χ2n) is 5.47. The van der Waals surface area contributed by atoms with Crippen molar-refractivity contribution in [1.82, 2.24) is 4.31 Å². The third-order valence-electron chi connectivity index (χ3n) is 3.90. The average Bonchev–Trinajstić information content (AvgIpc) is 2.56. The summed E-state index contributed by atoms with van der Waals surface area (Å²) < 4.78 is 2.27. The lowest BCUT2D eigenvalue weighted by Crippen LogP contribution is -2.26. The van der Waals surface area contributed by atoms with Crippen molar-refractivity contribution < 1.29 is 0 Å². The zero-order valence-electron chi connectivity index (χ0n) is 12.2. The molecule has 0 atom stereocenters. The molecule has 0 bridgehead atoms. The highest BCUT2D eigenvalue weighted by atomic mass is 35.5. The Balaban J connectivity index is 1.63. The molecule has 1 aliphatic heterocycles. The van der Waals surface area contributed by atoms with E-state index >= 15 is 0 Å². The highest BCUT2D eigenvalue weighted by Crippen LogP contribution is 2.42. The van der Waals surface area contributed by atoms with Gasteiger partial charge in [-0.3, -0.25) is 0 Å². The number of rotatable bonds is 2. The van der Waals surface area contributed by atoms with Crippen LogP contribution in [-0.2, 0) is 6.54 Å². The van der Waals surface area contributed by atoms with Crippen molar-refractivity contribution in [3.63, 3.8) is 0 Å². The van der Waals surface area contributed by atoms with Gasteiger partial charge in [0.25, 0.3) is 0 Å². The van der Waals surface area contributed by atoms with Crippen molar-refractivity contribution >= 4 is 51.6 Å². The summed E-state index contributed by atoms with van der Waals surface area (Å²) >= 11 is 14.1. The number of hydrogen-bond acceptors (Lipinski definition) is 3. The van der Waals surface area contributed by atoms with E-state index < -0.39 is 0 Å². The maximum atomic E-state index is 6.34. The van der Waals surface area contributed by atoms with Crippen LogP contribution in [0.2, 0.25) is 10.0 Å². The van der Waals surface area contributed by atoms with Gasteiger partial charge in [-0.05, 0) is 40.4 Å². The fourth-order valence-corrected chi connectivity index (χ4v) is 4.39. The van der Waals surface area contributed by atoms with Gasteiger partial charge in [0, 0.05) is 11.6 Å². The normalized spacial score (nSPS) is 14.5. The Kier molecular flexibility index (Phi) is 4.12. The Labute approximate surface area is 149 Å². The number of nitrogens with one attached hydrogen (secondary N) is 1. The zero-order chi connectivity index (χ0) is 15.8. The van der Waals surface area contributed by atoms with Crippen molar-refractivity contribution in [3.8, 4) is 0 Å². The van der Waals surface area contributed by atoms with E-state index in [4.69, 9.17) is 23.2 Å². The number of halogens is 2. The summed E-state index contributed by atoms with van der Waals surface area (Å²) in [7, 11) is 0. The lowest BCUT2D eigenvalue weighted by atomic mass is 10.0. The van der Waals surface area contributed by atoms with Crippen LogP contribution in [0.5, 0.6) is 0 Å². The van der Waals surface area contributed by atoms with E-state index in [-0.39, 0.29) is 0 Å². The highest BCUT2D eigenvalue weighted by Gasteiger charge is 2.20. The molecule has 5 heteroatoms. The first kappa shape index (κ1) is 15.2. The third kappa shape index (κ3) is 3.02. The molecule has 1 N–H and O–H groups in total. The Bertz CT molecular complexity index is 877. The van der Waals surface area contributed by atoms with Gasteiger partial charge < -0.3 is 5.32 Å². The van der Waals surface area contributed by atoms with Crippen molar-refractivity contribution in [3.05, 3.63) is 70.2 Å². The summed E-state index contributed by atoms with van der Waals surface area (Å²) in [6.45, 7) is 1.59. The molecule has 0 radical (unpaired) electrons. The second kappa shape index (κ2) is 6.25. The summed E-state index contributed by atoms with van der Waals surface area (Å²) in [5, 5.41) is 7.31. The first-order valence-corrected chi connectivity index (χ1v) is 8.86. The zero-order valence-corrected chi connectivity index (χ0v) is 14.6. The van der Waals surface area contributed by atoms with E-state index in [1.54, 1.807) is 18.0 Å². The average molecular weight is 361 g/mol. The molecule has 0 aromatic heterocycles. The molecule has 1 heterocycles. The van der Waals surface area contributed by atoms with Gasteiger partial charge in [0.1, 0.15) is 0 Å². The van der Waals surface area contributed by atoms with Crippen LogP contribution in [0, 0.1) is 0 Å². The van der Waals surface area contributed by atoms with Crippen LogP contribution in [-0.4, -0.2) is 11.0 Å². The first-order chi connectivity index (χ1) is 11.2. The van der Waals surface area contributed by atoms with Gasteiger partial charge in [0.05, 0.1) is 22.3 Å². The van der Waals surface area contributed by atoms with Crippen molar-refractivity contribution in [2.24, 2.45) is 0 Å². The monoisotopic (exact) mass is 360 g/mol. The van der Waals surface area contributed by atoms with Crippen LogP contribution in [0.3, 0.4) is 0 Å². The predicted octanol–water partition coefficient (Wildman–Crippen LogP) is 6.04. The summed E-state index contributed by atoms with van der Waals surface area (Å²) in [5.74, 6) is 0. The fraction of sp³-hybridized carbons (Fsp3) is 0.111. The van der Waals surface area contributed by atoms with Gasteiger partial charge in [-0.15, -0.1) is 0 Å². The molecule has 0 amide bonds. The molecule has 0 aliphatic carbocycles. The Morgan fingerprint density at radius 1 is 1.04 bits per heavy atom. The Hall–Kier alpha value is -1.39. The molecule has 3 aromatic rings. The summed E-state index contributed by atoms with van der Waals surface area (Å²) in [5.41, 5.74) is 2.31. The molecule has 4 rings (SSSR count). The standard InChI is InChI=1S/C18H14Cl2N2S/c19-14-8-16(20)18-17(9-14)21-11-22(23-18)10-13-6-3-5-12-4-1-2-7-15(12)13/h1-9,21H,10-11H2. The van der Waals surface area contributed by atoms with Gasteiger partial charge in [0.15, 0.2) is 0 Å². The molecule has 116 valence electrons. The van der Waals surface area contributed by atoms with Gasteiger partial charge in [0.2, 0.25) is 0 Å². The van der Waals surface area contributed by atoms with Crippen LogP contribution in [0.4, 0.5) is 5.69 Å². The SMILES string of the molecule is Clc1cc(Cl)c2c(c1)NCN(Cc1cccc3ccccc13)S2. The molecule has 0 spiro atoms. The van der Waals surface area contributed by atoms with Crippen LogP contribution in [0.15, 0.2) is 59.5 Å². The van der Waals surface area contributed by atoms with Gasteiger partial charge in [-0.1, -0.05) is 65.7 Å². The first-order valence-electron chi connectivity index (χ1n) is 7.33. The van der Waals surface area contributed by atoms with Crippen molar-refractivity contribution in [2.45, 2.75) is 11.4 Å². The molecule has 2 nitrogen and oxygen atoms in total. The Morgan fingerprint density at radius 3 is 2.78 bits per heavy atom. The molecule has 0 fully saturated rings. The van der Waals surface area contributed by atoms with Crippen molar-refractivity contribution in [2.75, 3.05) is 12.0 Å². The van der Waals surface area contributed by atoms with Crippen molar-refractivity contribution in [1.29, 1.82) is 0 Å². The number of benzene rings is 3. The van der Waals surface area contributed by atoms with Crippen LogP contribution >= 0.6 is 35.1 Å². The molecular formula is C18H14Cl2N2S. The van der Waals surface area contributed by atoms with Crippen LogP contribution < -0.4 is 5.32 Å². The predicted molar refractivity (Wildman–Crippen MR) is 100 cm³/mol. The number of anilines is 1. The molecule has 3 aromatic carbocycles. The molecule has 1 aliphatic rings. The van der Waals surface area contributed by atoms with Gasteiger partial charge in [-0.2, -0.15) is 0 Å². The van der Waals surface area contributed by atoms with Crippen LogP contribution in [0.25, 0.3) is 10.8 Å². The maximum Gasteiger partial charge on any atom is 0.0782 e. The molecular weight excluding hydrogens is 347 g/mol. The van der Waals surface area contributed by atoms with Crippen LogP contribution in [0.1, 0.15) is 5.56 Å². The Morgan fingerprint density at radius 2 is 1.87 bits per heavy atom. The third-order valence-corrected chi connectivity index (χ3v) is 5.67. The summed E-state index contributed by atoms with van der Waals surface area (Å²) in [6, 6.07) is 18.6. The largest absolute Gasteiger partial charge is 0.370 e. The van der Waals surface area contributed by atoms with E-state index in [1.165, 1.54) is 16.3 Å². The minimum atomic E-state index is 0.657. The van der Waals surface area contributed by atoms with E-state index in [9.17, 15) is 0 Å². The van der Waals surface area contributed by atoms with Gasteiger partial charge in [-0.25, -0.2) is 4.31 Å². The maximum absolute atomic E-state index is 6.34. The molecule has 0 saturated heterocycles. The number of nitrogens with zero attached hydrogens (tertiary/aromatic N) is 1. The topological polar surface area (TPSA) is 15.3 Å². The summed E-state index contributed by atoms with van der Waals surface area (Å²) in [4.78, 5) is 1.03. The van der Waals surface area contributed by atoms with E-state index in [2.05, 4.69) is 52.1 Å². The van der Waals surface area contributed by atoms with E-state index in [0.29, 0.717) is 10.0 Å². The number of hydrogen-bond donors (Lipinski definition) is 1. The lowest BCUT2D eigenvalue weighted by Gasteiger charge is -2.29. The summed E-state index contributed by atoms with van der Waals surface area (Å²) in [6.07, 6.45) is 0. The lowest BCUT2D eigenvalue weighted by molar-refractivity contribution is 0.495. The minimum absolute atomic E-state index is 0.657. The van der Waals surface area contributed by atoms with E-state index in [1.807, 2.05) is 6.07 Å².